The van der Waals surface area contributed by atoms with E-state index in [1.54, 1.807) is 21.3 Å². The maximum Gasteiger partial charge on any atom is 0.191 e. The first-order chi connectivity index (χ1) is 11.3. The molecule has 1 rings (SSSR count). The van der Waals surface area contributed by atoms with Crippen LogP contribution >= 0.6 is 24.0 Å². The molecule has 0 saturated heterocycles. The van der Waals surface area contributed by atoms with E-state index in [4.69, 9.17) is 14.2 Å². The zero-order valence-electron chi connectivity index (χ0n) is 14.8. The second kappa shape index (κ2) is 15.5. The van der Waals surface area contributed by atoms with Crippen molar-refractivity contribution < 1.29 is 14.2 Å². The summed E-state index contributed by atoms with van der Waals surface area (Å²) in [5.41, 5.74) is 1.15. The lowest BCUT2D eigenvalue weighted by molar-refractivity contribution is 0.172. The highest BCUT2D eigenvalue weighted by Crippen LogP contribution is 2.13. The highest BCUT2D eigenvalue weighted by molar-refractivity contribution is 14.0. The molecule has 24 heavy (non-hydrogen) atoms. The zero-order chi connectivity index (χ0) is 16.8. The van der Waals surface area contributed by atoms with Gasteiger partial charge in [0.15, 0.2) is 5.96 Å². The van der Waals surface area contributed by atoms with Crippen molar-refractivity contribution in [3.05, 3.63) is 29.8 Å². The lowest BCUT2D eigenvalue weighted by Gasteiger charge is -2.12. The minimum absolute atomic E-state index is 0. The Morgan fingerprint density at radius 2 is 1.79 bits per heavy atom. The molecular formula is C17H30IN3O3. The Hall–Kier alpha value is -1.06. The van der Waals surface area contributed by atoms with Crippen LogP contribution in [0, 0.1) is 0 Å². The standard InChI is InChI=1S/C17H29N3O3.HI/c1-18-17(19-9-5-10-21-2)20-14-15-7-4-8-16(13-15)23-12-6-11-22-3;/h4,7-8,13H,5-6,9-12,14H2,1-3H3,(H2,18,19,20);1H. The first-order valence-electron chi connectivity index (χ1n) is 7.94. The maximum atomic E-state index is 5.71. The molecule has 0 heterocycles. The third-order valence-corrected chi connectivity index (χ3v) is 3.16. The molecule has 1 aromatic rings. The quantitative estimate of drug-likeness (QED) is 0.234. The zero-order valence-corrected chi connectivity index (χ0v) is 17.2. The molecular weight excluding hydrogens is 421 g/mol. The van der Waals surface area contributed by atoms with Crippen LogP contribution in [0.3, 0.4) is 0 Å². The van der Waals surface area contributed by atoms with Crippen molar-refractivity contribution in [2.24, 2.45) is 4.99 Å². The molecule has 0 unspecified atom stereocenters. The van der Waals surface area contributed by atoms with Crippen LogP contribution in [0.1, 0.15) is 18.4 Å². The summed E-state index contributed by atoms with van der Waals surface area (Å²) in [4.78, 5) is 4.20. The van der Waals surface area contributed by atoms with E-state index in [0.29, 0.717) is 19.8 Å². The maximum absolute atomic E-state index is 5.71. The van der Waals surface area contributed by atoms with Crippen LogP contribution in [0.5, 0.6) is 5.75 Å². The van der Waals surface area contributed by atoms with E-state index in [0.717, 1.165) is 43.3 Å². The van der Waals surface area contributed by atoms with Gasteiger partial charge in [0.1, 0.15) is 5.75 Å². The van der Waals surface area contributed by atoms with Crippen LogP contribution in [-0.2, 0) is 16.0 Å². The van der Waals surface area contributed by atoms with Crippen molar-refractivity contribution in [1.82, 2.24) is 10.6 Å². The Morgan fingerprint density at radius 3 is 2.50 bits per heavy atom. The van der Waals surface area contributed by atoms with Gasteiger partial charge in [-0.15, -0.1) is 24.0 Å². The molecule has 0 aliphatic rings. The number of methoxy groups -OCH3 is 2. The number of aliphatic imine (C=N–C) groups is 1. The van der Waals surface area contributed by atoms with Gasteiger partial charge in [-0.25, -0.2) is 0 Å². The van der Waals surface area contributed by atoms with E-state index in [2.05, 4.69) is 21.7 Å². The summed E-state index contributed by atoms with van der Waals surface area (Å²) in [5, 5.41) is 6.54. The largest absolute Gasteiger partial charge is 0.493 e. The molecule has 0 radical (unpaired) electrons. The van der Waals surface area contributed by atoms with Crippen LogP contribution in [0.4, 0.5) is 0 Å². The highest BCUT2D eigenvalue weighted by atomic mass is 127. The molecule has 0 spiro atoms. The van der Waals surface area contributed by atoms with Gasteiger partial charge in [-0.3, -0.25) is 4.99 Å². The van der Waals surface area contributed by atoms with Crippen molar-refractivity contribution >= 4 is 29.9 Å². The lowest BCUT2D eigenvalue weighted by Crippen LogP contribution is -2.37. The molecule has 2 N–H and O–H groups in total. The summed E-state index contributed by atoms with van der Waals surface area (Å²) in [5.74, 6) is 1.66. The van der Waals surface area contributed by atoms with Crippen molar-refractivity contribution in [3.63, 3.8) is 0 Å². The lowest BCUT2D eigenvalue weighted by atomic mass is 10.2. The van der Waals surface area contributed by atoms with E-state index < -0.39 is 0 Å². The van der Waals surface area contributed by atoms with Crippen LogP contribution in [0.25, 0.3) is 0 Å². The molecule has 0 bridgehead atoms. The molecule has 138 valence electrons. The van der Waals surface area contributed by atoms with Gasteiger partial charge in [0.2, 0.25) is 0 Å². The first kappa shape index (κ1) is 22.9. The smallest absolute Gasteiger partial charge is 0.191 e. The van der Waals surface area contributed by atoms with Gasteiger partial charge < -0.3 is 24.8 Å². The molecule has 0 amide bonds. The summed E-state index contributed by atoms with van der Waals surface area (Å²) >= 11 is 0. The molecule has 6 nitrogen and oxygen atoms in total. The number of halogens is 1. The Bertz CT molecular complexity index is 458. The predicted molar refractivity (Wildman–Crippen MR) is 109 cm³/mol. The molecule has 0 aromatic heterocycles. The Morgan fingerprint density at radius 1 is 1.04 bits per heavy atom. The van der Waals surface area contributed by atoms with E-state index in [1.165, 1.54) is 0 Å². The van der Waals surface area contributed by atoms with E-state index in [9.17, 15) is 0 Å². The molecule has 7 heteroatoms. The number of nitrogens with zero attached hydrogens (tertiary/aromatic N) is 1. The van der Waals surface area contributed by atoms with Crippen molar-refractivity contribution in [2.45, 2.75) is 19.4 Å². The number of hydrogen-bond acceptors (Lipinski definition) is 4. The Balaban J connectivity index is 0.00000529. The van der Waals surface area contributed by atoms with Crippen LogP contribution in [0.15, 0.2) is 29.3 Å². The molecule has 0 aliphatic heterocycles. The van der Waals surface area contributed by atoms with Gasteiger partial charge in [0, 0.05) is 54.0 Å². The SMILES string of the molecule is CN=C(NCCCOC)NCc1cccc(OCCCOC)c1.I. The number of benzene rings is 1. The molecule has 1 aromatic carbocycles. The third-order valence-electron chi connectivity index (χ3n) is 3.16. The fourth-order valence-corrected chi connectivity index (χ4v) is 1.97. The van der Waals surface area contributed by atoms with Gasteiger partial charge in [-0.2, -0.15) is 0 Å². The number of rotatable bonds is 11. The summed E-state index contributed by atoms with van der Waals surface area (Å²) < 4.78 is 15.7. The third kappa shape index (κ3) is 10.7. The fraction of sp³-hybridized carbons (Fsp3) is 0.588. The van der Waals surface area contributed by atoms with E-state index >= 15 is 0 Å². The number of nitrogens with one attached hydrogen (secondary N) is 2. The summed E-state index contributed by atoms with van der Waals surface area (Å²) in [7, 11) is 5.17. The van der Waals surface area contributed by atoms with Gasteiger partial charge >= 0.3 is 0 Å². The van der Waals surface area contributed by atoms with E-state index in [-0.39, 0.29) is 24.0 Å². The Kier molecular flexibility index (Phi) is 14.8. The second-order valence-electron chi connectivity index (χ2n) is 5.04. The number of ether oxygens (including phenoxy) is 3. The van der Waals surface area contributed by atoms with Gasteiger partial charge in [-0.1, -0.05) is 12.1 Å². The minimum atomic E-state index is 0. The van der Waals surface area contributed by atoms with Gasteiger partial charge in [-0.05, 0) is 24.1 Å². The average Bonchev–Trinajstić information content (AvgIpc) is 2.58. The van der Waals surface area contributed by atoms with Gasteiger partial charge in [0.05, 0.1) is 6.61 Å². The van der Waals surface area contributed by atoms with Gasteiger partial charge in [0.25, 0.3) is 0 Å². The van der Waals surface area contributed by atoms with Crippen LogP contribution in [-0.4, -0.2) is 53.6 Å². The summed E-state index contributed by atoms with van der Waals surface area (Å²) in [6.45, 7) is 3.64. The Labute approximate surface area is 162 Å². The molecule has 0 aliphatic carbocycles. The number of guanidine groups is 1. The monoisotopic (exact) mass is 451 g/mol. The highest BCUT2D eigenvalue weighted by Gasteiger charge is 2.00. The second-order valence-corrected chi connectivity index (χ2v) is 5.04. The molecule has 0 atom stereocenters. The summed E-state index contributed by atoms with van der Waals surface area (Å²) in [6, 6.07) is 8.07. The van der Waals surface area contributed by atoms with E-state index in [1.807, 2.05) is 18.2 Å². The van der Waals surface area contributed by atoms with Crippen LogP contribution in [0.2, 0.25) is 0 Å². The normalized spacial score (nSPS) is 10.9. The van der Waals surface area contributed by atoms with Crippen molar-refractivity contribution in [2.75, 3.05) is 47.6 Å². The minimum Gasteiger partial charge on any atom is -0.493 e. The fourth-order valence-electron chi connectivity index (χ4n) is 1.97. The summed E-state index contributed by atoms with van der Waals surface area (Å²) in [6.07, 6.45) is 1.83. The average molecular weight is 451 g/mol. The molecule has 0 fully saturated rings. The predicted octanol–water partition coefficient (Wildman–Crippen LogP) is 2.42. The van der Waals surface area contributed by atoms with Crippen molar-refractivity contribution in [3.8, 4) is 5.75 Å². The van der Waals surface area contributed by atoms with Crippen molar-refractivity contribution in [1.29, 1.82) is 0 Å². The molecule has 0 saturated carbocycles. The number of hydrogen-bond donors (Lipinski definition) is 2. The first-order valence-corrected chi connectivity index (χ1v) is 7.94. The van der Waals surface area contributed by atoms with Crippen LogP contribution < -0.4 is 15.4 Å². The topological polar surface area (TPSA) is 64.1 Å².